The van der Waals surface area contributed by atoms with E-state index in [2.05, 4.69) is 15.3 Å². The van der Waals surface area contributed by atoms with Gasteiger partial charge in [0.1, 0.15) is 17.1 Å². The maximum absolute atomic E-state index is 13.0. The molecule has 0 unspecified atom stereocenters. The van der Waals surface area contributed by atoms with E-state index in [0.29, 0.717) is 28.5 Å². The molecular formula is C26H22N4O4. The maximum atomic E-state index is 13.0. The second kappa shape index (κ2) is 8.74. The molecule has 8 heteroatoms. The van der Waals surface area contributed by atoms with Gasteiger partial charge in [-0.05, 0) is 62.4 Å². The zero-order valence-electron chi connectivity index (χ0n) is 18.6. The number of carbonyl (C=O) groups is 1. The number of carbonyl (C=O) groups excluding carboxylic acids is 1. The van der Waals surface area contributed by atoms with Crippen molar-refractivity contribution in [2.24, 2.45) is 0 Å². The van der Waals surface area contributed by atoms with Gasteiger partial charge in [0, 0.05) is 22.7 Å². The third kappa shape index (κ3) is 4.21. The van der Waals surface area contributed by atoms with Crippen molar-refractivity contribution in [1.29, 1.82) is 0 Å². The highest BCUT2D eigenvalue weighted by molar-refractivity contribution is 6.05. The minimum absolute atomic E-state index is 0.0536. The molecule has 3 aromatic heterocycles. The lowest BCUT2D eigenvalue weighted by Crippen LogP contribution is -2.17. The number of ether oxygens (including phenoxy) is 1. The molecule has 0 atom stereocenters. The van der Waals surface area contributed by atoms with Crippen LogP contribution in [0.5, 0.6) is 5.75 Å². The summed E-state index contributed by atoms with van der Waals surface area (Å²) in [5, 5.41) is 3.62. The summed E-state index contributed by atoms with van der Waals surface area (Å²) in [6, 6.07) is 19.4. The number of hydrogen-bond acceptors (Lipinski definition) is 5. The van der Waals surface area contributed by atoms with Gasteiger partial charge in [-0.2, -0.15) is 0 Å². The molecule has 0 aliphatic carbocycles. The zero-order chi connectivity index (χ0) is 23.7. The lowest BCUT2D eigenvalue weighted by molar-refractivity contribution is 0.102. The van der Waals surface area contributed by atoms with Crippen LogP contribution in [0.4, 0.5) is 5.69 Å². The number of benzene rings is 2. The molecule has 0 saturated heterocycles. The first-order chi connectivity index (χ1) is 16.5. The molecular weight excluding hydrogens is 432 g/mol. The van der Waals surface area contributed by atoms with Crippen LogP contribution in [0.2, 0.25) is 0 Å². The van der Waals surface area contributed by atoms with Crippen molar-refractivity contribution in [3.8, 4) is 22.8 Å². The monoisotopic (exact) mass is 454 g/mol. The van der Waals surface area contributed by atoms with E-state index in [1.807, 2.05) is 50.2 Å². The third-order valence-electron chi connectivity index (χ3n) is 5.22. The number of rotatable bonds is 6. The Morgan fingerprint density at radius 1 is 1.09 bits per heavy atom. The van der Waals surface area contributed by atoms with Crippen LogP contribution in [-0.4, -0.2) is 26.5 Å². The number of nitrogens with zero attached hydrogens (tertiary/aromatic N) is 2. The fraction of sp³-hybridized carbons (Fsp3) is 0.115. The van der Waals surface area contributed by atoms with Gasteiger partial charge in [0.25, 0.3) is 11.5 Å². The van der Waals surface area contributed by atoms with E-state index >= 15 is 0 Å². The Kier molecular flexibility index (Phi) is 5.47. The molecule has 34 heavy (non-hydrogen) atoms. The summed E-state index contributed by atoms with van der Waals surface area (Å²) in [5.41, 5.74) is 2.73. The molecule has 1 amide bonds. The highest BCUT2D eigenvalue weighted by atomic mass is 16.5. The lowest BCUT2D eigenvalue weighted by Gasteiger charge is -2.11. The van der Waals surface area contributed by atoms with Crippen LogP contribution >= 0.6 is 0 Å². The number of hydrogen-bond donors (Lipinski definition) is 2. The summed E-state index contributed by atoms with van der Waals surface area (Å²) in [7, 11) is 0. The molecule has 0 fully saturated rings. The molecule has 8 nitrogen and oxygen atoms in total. The fourth-order valence-electron chi connectivity index (χ4n) is 3.75. The van der Waals surface area contributed by atoms with Gasteiger partial charge in [-0.15, -0.1) is 0 Å². The first kappa shape index (κ1) is 21.3. The molecule has 3 heterocycles. The first-order valence-electron chi connectivity index (χ1n) is 10.8. The average molecular weight is 454 g/mol. The number of H-pyrrole nitrogens is 1. The Hall–Kier alpha value is -4.59. The van der Waals surface area contributed by atoms with Gasteiger partial charge in [-0.25, -0.2) is 4.98 Å². The van der Waals surface area contributed by atoms with Crippen molar-refractivity contribution in [1.82, 2.24) is 14.5 Å². The number of aromatic nitrogens is 3. The largest absolute Gasteiger partial charge is 0.491 e. The predicted molar refractivity (Wildman–Crippen MR) is 130 cm³/mol. The van der Waals surface area contributed by atoms with Crippen molar-refractivity contribution < 1.29 is 13.9 Å². The van der Waals surface area contributed by atoms with Gasteiger partial charge in [-0.1, -0.05) is 12.1 Å². The van der Waals surface area contributed by atoms with Crippen LogP contribution in [0.1, 0.15) is 24.3 Å². The number of oxazole rings is 1. The minimum atomic E-state index is -0.328. The number of fused-ring (bicyclic) bond motifs is 1. The number of anilines is 1. The SMILES string of the molecule is CC(C)Oc1ccc(-n2c(=O)ccc3cc(C(=O)Nc4cccc(-c5cnco5)c4)[nH]c32)cc1. The van der Waals surface area contributed by atoms with Crippen molar-refractivity contribution in [3.63, 3.8) is 0 Å². The Morgan fingerprint density at radius 2 is 1.91 bits per heavy atom. The van der Waals surface area contributed by atoms with Crippen molar-refractivity contribution in [2.45, 2.75) is 20.0 Å². The molecule has 5 rings (SSSR count). The Labute approximate surface area is 194 Å². The molecule has 2 N–H and O–H groups in total. The van der Waals surface area contributed by atoms with E-state index in [-0.39, 0.29) is 17.6 Å². The molecule has 0 saturated carbocycles. The minimum Gasteiger partial charge on any atom is -0.491 e. The number of nitrogens with one attached hydrogen (secondary N) is 2. The van der Waals surface area contributed by atoms with Crippen LogP contribution in [0, 0.1) is 0 Å². The lowest BCUT2D eigenvalue weighted by atomic mass is 10.1. The summed E-state index contributed by atoms with van der Waals surface area (Å²) < 4.78 is 12.6. The molecule has 0 aliphatic rings. The molecule has 0 radical (unpaired) electrons. The summed E-state index contributed by atoms with van der Waals surface area (Å²) in [6.07, 6.45) is 3.02. The van der Waals surface area contributed by atoms with Gasteiger partial charge in [0.2, 0.25) is 0 Å². The fourth-order valence-corrected chi connectivity index (χ4v) is 3.75. The molecule has 0 bridgehead atoms. The summed E-state index contributed by atoms with van der Waals surface area (Å²) in [5.74, 6) is 0.999. The van der Waals surface area contributed by atoms with E-state index < -0.39 is 0 Å². The van der Waals surface area contributed by atoms with Gasteiger partial charge in [-0.3, -0.25) is 14.2 Å². The summed E-state index contributed by atoms with van der Waals surface area (Å²) in [6.45, 7) is 3.91. The van der Waals surface area contributed by atoms with Gasteiger partial charge in [0.05, 0.1) is 18.0 Å². The van der Waals surface area contributed by atoms with E-state index in [9.17, 15) is 9.59 Å². The van der Waals surface area contributed by atoms with Crippen molar-refractivity contribution in [3.05, 3.63) is 95.4 Å². The van der Waals surface area contributed by atoms with Crippen LogP contribution < -0.4 is 15.6 Å². The average Bonchev–Trinajstić information content (AvgIpc) is 3.50. The maximum Gasteiger partial charge on any atom is 0.272 e. The number of amides is 1. The second-order valence-electron chi connectivity index (χ2n) is 8.06. The second-order valence-corrected chi connectivity index (χ2v) is 8.06. The predicted octanol–water partition coefficient (Wildman–Crippen LogP) is 5.01. The van der Waals surface area contributed by atoms with Crippen LogP contribution in [0.15, 0.2) is 88.5 Å². The highest BCUT2D eigenvalue weighted by Gasteiger charge is 2.15. The normalized spacial score (nSPS) is 11.1. The quantitative estimate of drug-likeness (QED) is 0.375. The van der Waals surface area contributed by atoms with Gasteiger partial charge in [0.15, 0.2) is 12.2 Å². The topological polar surface area (TPSA) is 102 Å². The van der Waals surface area contributed by atoms with E-state index in [1.165, 1.54) is 17.0 Å². The first-order valence-corrected chi connectivity index (χ1v) is 10.8. The standard InChI is InChI=1S/C26H22N4O4/c1-16(2)34-21-9-7-20(8-10-21)30-24(31)11-6-18-13-22(29-25(18)30)26(32)28-19-5-3-4-17(12-19)23-14-27-15-33-23/h3-16,29H,1-2H3,(H,28,32). The molecule has 0 spiro atoms. The third-order valence-corrected chi connectivity index (χ3v) is 5.22. The molecule has 5 aromatic rings. The van der Waals surface area contributed by atoms with E-state index in [0.717, 1.165) is 16.7 Å². The van der Waals surface area contributed by atoms with Crippen LogP contribution in [0.3, 0.4) is 0 Å². The summed E-state index contributed by atoms with van der Waals surface area (Å²) in [4.78, 5) is 32.7. The smallest absolute Gasteiger partial charge is 0.272 e. The summed E-state index contributed by atoms with van der Waals surface area (Å²) >= 11 is 0. The number of aromatic amines is 1. The Balaban J connectivity index is 1.45. The van der Waals surface area contributed by atoms with Crippen molar-refractivity contribution in [2.75, 3.05) is 5.32 Å². The Bertz CT molecular complexity index is 1510. The van der Waals surface area contributed by atoms with Gasteiger partial charge < -0.3 is 19.5 Å². The van der Waals surface area contributed by atoms with Gasteiger partial charge >= 0.3 is 0 Å². The van der Waals surface area contributed by atoms with Crippen LogP contribution in [-0.2, 0) is 0 Å². The van der Waals surface area contributed by atoms with Crippen LogP contribution in [0.25, 0.3) is 28.0 Å². The Morgan fingerprint density at radius 3 is 2.65 bits per heavy atom. The van der Waals surface area contributed by atoms with E-state index in [4.69, 9.17) is 9.15 Å². The molecule has 2 aromatic carbocycles. The van der Waals surface area contributed by atoms with E-state index in [1.54, 1.807) is 30.5 Å². The number of pyridine rings is 1. The van der Waals surface area contributed by atoms with Crippen molar-refractivity contribution >= 4 is 22.6 Å². The highest BCUT2D eigenvalue weighted by Crippen LogP contribution is 2.24. The zero-order valence-corrected chi connectivity index (χ0v) is 18.6. The molecule has 0 aliphatic heterocycles. The molecule has 170 valence electrons.